The molecule has 3 rings (SSSR count). The Bertz CT molecular complexity index is 451. The summed E-state index contributed by atoms with van der Waals surface area (Å²) < 4.78 is 12.0. The number of fused-ring (bicyclic) bond motifs is 3. The van der Waals surface area contributed by atoms with Gasteiger partial charge in [-0.2, -0.15) is 0 Å². The molecule has 1 saturated carbocycles. The standard InChI is InChI=1S/C18H30O3/c1-16(2)14-7-6-12-10-20-17(3,4)21-11-13(12)18(14,5)9-8-15(16)19/h6,13-15,19H,7-11H2,1-5H3/t13-,14+,15+,18-/m1/s1. The third kappa shape index (κ3) is 2.38. The topological polar surface area (TPSA) is 38.7 Å². The minimum Gasteiger partial charge on any atom is -0.393 e. The van der Waals surface area contributed by atoms with Crippen molar-refractivity contribution in [2.24, 2.45) is 22.7 Å². The van der Waals surface area contributed by atoms with Gasteiger partial charge in [-0.05, 0) is 55.4 Å². The van der Waals surface area contributed by atoms with Gasteiger partial charge in [-0.1, -0.05) is 26.8 Å². The number of aliphatic hydroxyl groups is 1. The van der Waals surface area contributed by atoms with Crippen LogP contribution < -0.4 is 0 Å². The molecule has 3 heteroatoms. The van der Waals surface area contributed by atoms with Gasteiger partial charge in [-0.15, -0.1) is 0 Å². The fourth-order valence-electron chi connectivity index (χ4n) is 4.94. The van der Waals surface area contributed by atoms with Gasteiger partial charge in [0.05, 0.1) is 19.3 Å². The highest BCUT2D eigenvalue weighted by Gasteiger charge is 2.56. The maximum atomic E-state index is 10.4. The van der Waals surface area contributed by atoms with Crippen LogP contribution >= 0.6 is 0 Å². The Labute approximate surface area is 128 Å². The quantitative estimate of drug-likeness (QED) is 0.695. The summed E-state index contributed by atoms with van der Waals surface area (Å²) in [6.45, 7) is 12.3. The van der Waals surface area contributed by atoms with E-state index < -0.39 is 5.79 Å². The molecule has 0 aromatic rings. The van der Waals surface area contributed by atoms with Crippen molar-refractivity contribution in [1.82, 2.24) is 0 Å². The molecule has 0 bridgehead atoms. The zero-order valence-electron chi connectivity index (χ0n) is 14.1. The Hall–Kier alpha value is -0.380. The molecule has 0 spiro atoms. The van der Waals surface area contributed by atoms with E-state index in [2.05, 4.69) is 26.8 Å². The highest BCUT2D eigenvalue weighted by molar-refractivity contribution is 5.22. The summed E-state index contributed by atoms with van der Waals surface area (Å²) in [4.78, 5) is 0. The zero-order valence-corrected chi connectivity index (χ0v) is 14.1. The lowest BCUT2D eigenvalue weighted by atomic mass is 9.48. The van der Waals surface area contributed by atoms with Crippen molar-refractivity contribution in [2.75, 3.05) is 13.2 Å². The third-order valence-electron chi connectivity index (χ3n) is 6.55. The van der Waals surface area contributed by atoms with Crippen LogP contribution in [0.4, 0.5) is 0 Å². The van der Waals surface area contributed by atoms with E-state index in [9.17, 15) is 5.11 Å². The fourth-order valence-corrected chi connectivity index (χ4v) is 4.94. The molecule has 1 saturated heterocycles. The lowest BCUT2D eigenvalue weighted by Crippen LogP contribution is -2.55. The average Bonchev–Trinajstić information content (AvgIpc) is 2.55. The monoisotopic (exact) mass is 294 g/mol. The van der Waals surface area contributed by atoms with E-state index in [-0.39, 0.29) is 16.9 Å². The molecule has 3 nitrogen and oxygen atoms in total. The predicted octanol–water partition coefficient (Wildman–Crippen LogP) is 3.52. The second kappa shape index (κ2) is 4.81. The molecule has 0 aromatic heterocycles. The molecule has 0 aromatic carbocycles. The molecule has 3 aliphatic rings. The van der Waals surface area contributed by atoms with Crippen molar-refractivity contribution in [3.05, 3.63) is 11.6 Å². The van der Waals surface area contributed by atoms with E-state index in [4.69, 9.17) is 9.47 Å². The number of hydrogen-bond acceptors (Lipinski definition) is 3. The lowest BCUT2D eigenvalue weighted by Gasteiger charge is -2.58. The van der Waals surface area contributed by atoms with Gasteiger partial charge in [0, 0.05) is 5.92 Å². The predicted molar refractivity (Wildman–Crippen MR) is 82.8 cm³/mol. The molecule has 2 fully saturated rings. The van der Waals surface area contributed by atoms with Gasteiger partial charge < -0.3 is 14.6 Å². The summed E-state index contributed by atoms with van der Waals surface area (Å²) in [5.74, 6) is 0.436. The van der Waals surface area contributed by atoms with Crippen molar-refractivity contribution < 1.29 is 14.6 Å². The van der Waals surface area contributed by atoms with Crippen molar-refractivity contribution in [3.63, 3.8) is 0 Å². The molecule has 0 amide bonds. The molecule has 4 atom stereocenters. The van der Waals surface area contributed by atoms with Crippen molar-refractivity contribution in [3.8, 4) is 0 Å². The zero-order chi connectivity index (χ0) is 15.5. The molecular formula is C18H30O3. The Morgan fingerprint density at radius 3 is 2.57 bits per heavy atom. The van der Waals surface area contributed by atoms with E-state index in [1.807, 2.05) is 13.8 Å². The maximum absolute atomic E-state index is 10.4. The number of hydrogen-bond donors (Lipinski definition) is 1. The number of allylic oxidation sites excluding steroid dienone is 1. The second-order valence-electron chi connectivity index (χ2n) is 8.50. The summed E-state index contributed by atoms with van der Waals surface area (Å²) >= 11 is 0. The van der Waals surface area contributed by atoms with Crippen LogP contribution in [0.2, 0.25) is 0 Å². The van der Waals surface area contributed by atoms with Crippen LogP contribution in [0, 0.1) is 22.7 Å². The molecule has 1 N–H and O–H groups in total. The van der Waals surface area contributed by atoms with Crippen LogP contribution in [0.5, 0.6) is 0 Å². The first kappa shape index (κ1) is 15.5. The first-order valence-corrected chi connectivity index (χ1v) is 8.32. The normalized spacial score (nSPS) is 45.0. The third-order valence-corrected chi connectivity index (χ3v) is 6.55. The lowest BCUT2D eigenvalue weighted by molar-refractivity contribution is -0.206. The van der Waals surface area contributed by atoms with Gasteiger partial charge in [-0.25, -0.2) is 0 Å². The molecule has 21 heavy (non-hydrogen) atoms. The van der Waals surface area contributed by atoms with Gasteiger partial charge in [-0.3, -0.25) is 0 Å². The molecule has 0 unspecified atom stereocenters. The largest absolute Gasteiger partial charge is 0.393 e. The molecule has 1 aliphatic heterocycles. The second-order valence-corrected chi connectivity index (χ2v) is 8.50. The van der Waals surface area contributed by atoms with E-state index in [0.717, 1.165) is 25.9 Å². The summed E-state index contributed by atoms with van der Waals surface area (Å²) in [6.07, 6.45) is 5.20. The minimum atomic E-state index is -0.492. The summed E-state index contributed by atoms with van der Waals surface area (Å²) in [7, 11) is 0. The van der Waals surface area contributed by atoms with Gasteiger partial charge >= 0.3 is 0 Å². The van der Waals surface area contributed by atoms with Gasteiger partial charge in [0.25, 0.3) is 0 Å². The van der Waals surface area contributed by atoms with Gasteiger partial charge in [0.1, 0.15) is 0 Å². The van der Waals surface area contributed by atoms with Gasteiger partial charge in [0.2, 0.25) is 0 Å². The van der Waals surface area contributed by atoms with Crippen molar-refractivity contribution in [1.29, 1.82) is 0 Å². The summed E-state index contributed by atoms with van der Waals surface area (Å²) in [6, 6.07) is 0. The molecule has 2 aliphatic carbocycles. The number of rotatable bonds is 0. The van der Waals surface area contributed by atoms with Gasteiger partial charge in [0.15, 0.2) is 5.79 Å². The highest BCUT2D eigenvalue weighted by Crippen LogP contribution is 2.60. The van der Waals surface area contributed by atoms with E-state index in [1.165, 1.54) is 5.57 Å². The van der Waals surface area contributed by atoms with E-state index >= 15 is 0 Å². The highest BCUT2D eigenvalue weighted by atomic mass is 16.7. The SMILES string of the molecule is CC1(C)OCC2=CC[C@H]3C(C)(C)[C@@H](O)CC[C@]3(C)[C@@H]2CO1. The Kier molecular flexibility index (Phi) is 3.55. The maximum Gasteiger partial charge on any atom is 0.163 e. The van der Waals surface area contributed by atoms with Crippen LogP contribution in [0.15, 0.2) is 11.6 Å². The fraction of sp³-hybridized carbons (Fsp3) is 0.889. The molecule has 120 valence electrons. The van der Waals surface area contributed by atoms with Crippen LogP contribution in [-0.4, -0.2) is 30.2 Å². The summed E-state index contributed by atoms with van der Waals surface area (Å²) in [5, 5.41) is 10.4. The number of ether oxygens (including phenoxy) is 2. The molecule has 1 heterocycles. The van der Waals surface area contributed by atoms with E-state index in [0.29, 0.717) is 18.4 Å². The van der Waals surface area contributed by atoms with Crippen molar-refractivity contribution in [2.45, 2.75) is 65.8 Å². The molecule has 0 radical (unpaired) electrons. The molecular weight excluding hydrogens is 264 g/mol. The smallest absolute Gasteiger partial charge is 0.163 e. The average molecular weight is 294 g/mol. The Morgan fingerprint density at radius 2 is 1.86 bits per heavy atom. The first-order valence-electron chi connectivity index (χ1n) is 8.32. The van der Waals surface area contributed by atoms with Crippen LogP contribution in [-0.2, 0) is 9.47 Å². The van der Waals surface area contributed by atoms with Crippen molar-refractivity contribution >= 4 is 0 Å². The van der Waals surface area contributed by atoms with Crippen LogP contribution in [0.1, 0.15) is 53.9 Å². The van der Waals surface area contributed by atoms with Crippen LogP contribution in [0.25, 0.3) is 0 Å². The summed E-state index contributed by atoms with van der Waals surface area (Å²) in [5.41, 5.74) is 1.58. The Balaban J connectivity index is 1.95. The minimum absolute atomic E-state index is 0.0301. The van der Waals surface area contributed by atoms with Crippen LogP contribution in [0.3, 0.4) is 0 Å². The van der Waals surface area contributed by atoms with E-state index in [1.54, 1.807) is 0 Å². The Morgan fingerprint density at radius 1 is 1.14 bits per heavy atom. The number of aliphatic hydroxyl groups excluding tert-OH is 1. The first-order chi connectivity index (χ1) is 9.67.